The molecule has 0 unspecified atom stereocenters. The van der Waals surface area contributed by atoms with E-state index in [1.807, 2.05) is 29.2 Å². The van der Waals surface area contributed by atoms with Gasteiger partial charge >= 0.3 is 0 Å². The molecule has 0 spiro atoms. The van der Waals surface area contributed by atoms with Crippen LogP contribution in [0, 0.1) is 0 Å². The summed E-state index contributed by atoms with van der Waals surface area (Å²) in [5.74, 6) is -0.0337. The third-order valence-electron chi connectivity index (χ3n) is 4.58. The van der Waals surface area contributed by atoms with Crippen LogP contribution >= 0.6 is 0 Å². The molecule has 0 aromatic heterocycles. The Morgan fingerprint density at radius 2 is 1.35 bits per heavy atom. The fraction of sp³-hybridized carbons (Fsp3) is 0.600. The first-order chi connectivity index (χ1) is 12.6. The van der Waals surface area contributed by atoms with E-state index in [1.54, 1.807) is 0 Å². The number of nitrogens with zero attached hydrogens (tertiary/aromatic N) is 1. The molecule has 2 amide bonds. The number of hydrogen-bond acceptors (Lipinski definition) is 4. The maximum absolute atomic E-state index is 11.8. The minimum atomic E-state index is -0.276. The Labute approximate surface area is 157 Å². The third-order valence-corrected chi connectivity index (χ3v) is 4.58. The molecule has 2 rings (SSSR count). The predicted octanol–water partition coefficient (Wildman–Crippen LogP) is 2.04. The van der Waals surface area contributed by atoms with E-state index in [4.69, 9.17) is 17.2 Å². The monoisotopic (exact) mass is 362 g/mol. The largest absolute Gasteiger partial charge is 0.370 e. The number of carbonyl (C=O) groups is 2. The highest BCUT2D eigenvalue weighted by atomic mass is 16.2. The number of amides is 2. The van der Waals surface area contributed by atoms with Crippen LogP contribution in [-0.2, 0) is 22.7 Å². The second-order valence-electron chi connectivity index (χ2n) is 6.65. The molecule has 0 atom stereocenters. The highest BCUT2D eigenvalue weighted by Crippen LogP contribution is 2.12. The van der Waals surface area contributed by atoms with Crippen LogP contribution in [0.15, 0.2) is 24.3 Å². The summed E-state index contributed by atoms with van der Waals surface area (Å²) < 4.78 is 0. The zero-order valence-electron chi connectivity index (χ0n) is 15.8. The topological polar surface area (TPSA) is 115 Å². The Morgan fingerprint density at radius 3 is 1.81 bits per heavy atom. The minimum Gasteiger partial charge on any atom is -0.370 e. The zero-order valence-corrected chi connectivity index (χ0v) is 15.8. The number of unbranched alkanes of at least 4 members (excludes halogenated alkanes) is 1. The average Bonchev–Trinajstić information content (AvgIpc) is 2.95. The first-order valence-corrected chi connectivity index (χ1v) is 9.61. The second kappa shape index (κ2) is 13.3. The predicted molar refractivity (Wildman–Crippen MR) is 105 cm³/mol. The summed E-state index contributed by atoms with van der Waals surface area (Å²) in [5.41, 5.74) is 18.3. The summed E-state index contributed by atoms with van der Waals surface area (Å²) in [7, 11) is 0. The van der Waals surface area contributed by atoms with E-state index in [1.165, 1.54) is 12.8 Å². The van der Waals surface area contributed by atoms with Crippen LogP contribution in [0.5, 0.6) is 0 Å². The van der Waals surface area contributed by atoms with Crippen molar-refractivity contribution in [1.29, 1.82) is 0 Å². The van der Waals surface area contributed by atoms with E-state index < -0.39 is 0 Å². The highest BCUT2D eigenvalue weighted by molar-refractivity contribution is 5.76. The first kappa shape index (κ1) is 22.1. The van der Waals surface area contributed by atoms with E-state index >= 15 is 0 Å². The Kier molecular flexibility index (Phi) is 11.3. The molecule has 0 aliphatic carbocycles. The molecule has 1 saturated heterocycles. The summed E-state index contributed by atoms with van der Waals surface area (Å²) in [6.07, 6.45) is 7.21. The SMILES string of the molecule is NC(=O)CCCCC(=O)N1CCCCCC1.NCc1ccccc1CN. The van der Waals surface area contributed by atoms with Crippen molar-refractivity contribution >= 4 is 11.8 Å². The van der Waals surface area contributed by atoms with E-state index in [0.717, 1.165) is 49.9 Å². The van der Waals surface area contributed by atoms with Crippen molar-refractivity contribution in [1.82, 2.24) is 4.90 Å². The maximum atomic E-state index is 11.8. The van der Waals surface area contributed by atoms with Crippen molar-refractivity contribution in [3.8, 4) is 0 Å². The molecule has 6 nitrogen and oxygen atoms in total. The Balaban J connectivity index is 0.000000289. The average molecular weight is 363 g/mol. The smallest absolute Gasteiger partial charge is 0.222 e. The van der Waals surface area contributed by atoms with Gasteiger partial charge in [-0.15, -0.1) is 0 Å². The fourth-order valence-corrected chi connectivity index (χ4v) is 3.01. The van der Waals surface area contributed by atoms with Gasteiger partial charge in [-0.3, -0.25) is 9.59 Å². The van der Waals surface area contributed by atoms with Crippen molar-refractivity contribution in [3.05, 3.63) is 35.4 Å². The molecule has 1 aliphatic heterocycles. The number of benzene rings is 1. The molecule has 0 saturated carbocycles. The third kappa shape index (κ3) is 8.97. The van der Waals surface area contributed by atoms with Gasteiger partial charge in [-0.1, -0.05) is 37.1 Å². The minimum absolute atomic E-state index is 0.242. The number of likely N-dealkylation sites (tertiary alicyclic amines) is 1. The van der Waals surface area contributed by atoms with Crippen LogP contribution in [0.1, 0.15) is 62.5 Å². The summed E-state index contributed by atoms with van der Waals surface area (Å²) >= 11 is 0. The highest BCUT2D eigenvalue weighted by Gasteiger charge is 2.14. The molecule has 1 aromatic carbocycles. The Hall–Kier alpha value is -1.92. The first-order valence-electron chi connectivity index (χ1n) is 9.61. The second-order valence-corrected chi connectivity index (χ2v) is 6.65. The Bertz CT molecular complexity index is 517. The zero-order chi connectivity index (χ0) is 19.2. The molecule has 1 fully saturated rings. The van der Waals surface area contributed by atoms with Crippen molar-refractivity contribution < 1.29 is 9.59 Å². The van der Waals surface area contributed by atoms with Gasteiger partial charge in [0.05, 0.1) is 0 Å². The van der Waals surface area contributed by atoms with Crippen LogP contribution < -0.4 is 17.2 Å². The van der Waals surface area contributed by atoms with Crippen LogP contribution in [0.3, 0.4) is 0 Å². The normalized spacial score (nSPS) is 14.2. The fourth-order valence-electron chi connectivity index (χ4n) is 3.01. The lowest BCUT2D eigenvalue weighted by Crippen LogP contribution is -2.31. The molecule has 0 radical (unpaired) electrons. The van der Waals surface area contributed by atoms with Crippen LogP contribution in [-0.4, -0.2) is 29.8 Å². The molecule has 146 valence electrons. The summed E-state index contributed by atoms with van der Waals surface area (Å²) in [6, 6.07) is 7.95. The van der Waals surface area contributed by atoms with Crippen molar-refractivity contribution in [3.63, 3.8) is 0 Å². The summed E-state index contributed by atoms with van der Waals surface area (Å²) in [4.78, 5) is 24.3. The van der Waals surface area contributed by atoms with Gasteiger partial charge in [-0.2, -0.15) is 0 Å². The van der Waals surface area contributed by atoms with Gasteiger partial charge in [-0.25, -0.2) is 0 Å². The van der Waals surface area contributed by atoms with Gasteiger partial charge in [0.25, 0.3) is 0 Å². The van der Waals surface area contributed by atoms with E-state index in [-0.39, 0.29) is 11.8 Å². The van der Waals surface area contributed by atoms with Gasteiger partial charge in [0.2, 0.25) is 11.8 Å². The van der Waals surface area contributed by atoms with E-state index in [0.29, 0.717) is 25.9 Å². The Morgan fingerprint density at radius 1 is 0.846 bits per heavy atom. The lowest BCUT2D eigenvalue weighted by Gasteiger charge is -2.20. The molecular weight excluding hydrogens is 328 g/mol. The number of primary amides is 1. The van der Waals surface area contributed by atoms with Gasteiger partial charge < -0.3 is 22.1 Å². The molecule has 1 aliphatic rings. The van der Waals surface area contributed by atoms with Crippen molar-refractivity contribution in [2.45, 2.75) is 64.5 Å². The molecule has 6 heteroatoms. The molecule has 6 N–H and O–H groups in total. The van der Waals surface area contributed by atoms with Gasteiger partial charge in [0.15, 0.2) is 0 Å². The van der Waals surface area contributed by atoms with Crippen LogP contribution in [0.2, 0.25) is 0 Å². The van der Waals surface area contributed by atoms with Gasteiger partial charge in [-0.05, 0) is 36.8 Å². The lowest BCUT2D eigenvalue weighted by atomic mass is 10.1. The lowest BCUT2D eigenvalue weighted by molar-refractivity contribution is -0.131. The molecule has 1 aromatic rings. The summed E-state index contributed by atoms with van der Waals surface area (Å²) in [5, 5.41) is 0. The summed E-state index contributed by atoms with van der Waals surface area (Å²) in [6.45, 7) is 2.98. The van der Waals surface area contributed by atoms with E-state index in [9.17, 15) is 9.59 Å². The van der Waals surface area contributed by atoms with Crippen molar-refractivity contribution in [2.75, 3.05) is 13.1 Å². The van der Waals surface area contributed by atoms with Gasteiger partial charge in [0.1, 0.15) is 0 Å². The molecule has 26 heavy (non-hydrogen) atoms. The van der Waals surface area contributed by atoms with E-state index in [2.05, 4.69) is 0 Å². The molecule has 0 bridgehead atoms. The van der Waals surface area contributed by atoms with Crippen LogP contribution in [0.4, 0.5) is 0 Å². The molecular formula is C20H34N4O2. The molecule has 1 heterocycles. The number of carbonyl (C=O) groups excluding carboxylic acids is 2. The van der Waals surface area contributed by atoms with Gasteiger partial charge in [0, 0.05) is 39.0 Å². The number of hydrogen-bond donors (Lipinski definition) is 3. The quantitative estimate of drug-likeness (QED) is 0.644. The van der Waals surface area contributed by atoms with Crippen LogP contribution in [0.25, 0.3) is 0 Å². The maximum Gasteiger partial charge on any atom is 0.222 e. The number of nitrogens with two attached hydrogens (primary N) is 3. The number of rotatable bonds is 7. The standard InChI is InChI=1S/C12H22N2O2.C8H12N2/c13-11(15)7-3-4-8-12(16)14-9-5-1-2-6-10-14;9-5-7-3-1-2-4-8(7)6-10/h1-10H2,(H2,13,15);1-4H,5-6,9-10H2. The van der Waals surface area contributed by atoms with Crippen molar-refractivity contribution in [2.24, 2.45) is 17.2 Å².